The summed E-state index contributed by atoms with van der Waals surface area (Å²) < 4.78 is 0. The molecule has 5 heteroatoms. The second-order valence-electron chi connectivity index (χ2n) is 3.80. The van der Waals surface area contributed by atoms with Gasteiger partial charge in [-0.05, 0) is 13.0 Å². The van der Waals surface area contributed by atoms with Gasteiger partial charge in [0.25, 0.3) is 0 Å². The standard InChI is InChI=1S/C13H13N3OS/c1-9-7-11(10-5-3-2-4-6-10)16-13(15-9)18-8-12(14)17/h2-7H,8H2,1H3,(H2,14,17). The zero-order chi connectivity index (χ0) is 13.0. The minimum atomic E-state index is -0.369. The Morgan fingerprint density at radius 1 is 1.28 bits per heavy atom. The highest BCUT2D eigenvalue weighted by atomic mass is 32.2. The van der Waals surface area contributed by atoms with E-state index in [1.54, 1.807) is 0 Å². The first-order chi connectivity index (χ1) is 8.65. The summed E-state index contributed by atoms with van der Waals surface area (Å²) in [4.78, 5) is 19.5. The van der Waals surface area contributed by atoms with Gasteiger partial charge in [-0.2, -0.15) is 0 Å². The van der Waals surface area contributed by atoms with Crippen LogP contribution in [-0.4, -0.2) is 21.6 Å². The molecule has 1 heterocycles. The number of amides is 1. The Kier molecular flexibility index (Phi) is 3.94. The van der Waals surface area contributed by atoms with Crippen molar-refractivity contribution in [2.45, 2.75) is 12.1 Å². The van der Waals surface area contributed by atoms with Crippen LogP contribution < -0.4 is 5.73 Å². The molecule has 2 rings (SSSR count). The van der Waals surface area contributed by atoms with Crippen LogP contribution in [0.1, 0.15) is 5.69 Å². The van der Waals surface area contributed by atoms with Crippen molar-refractivity contribution in [3.8, 4) is 11.3 Å². The number of aromatic nitrogens is 2. The van der Waals surface area contributed by atoms with Crippen molar-refractivity contribution in [1.82, 2.24) is 9.97 Å². The summed E-state index contributed by atoms with van der Waals surface area (Å²) >= 11 is 1.25. The zero-order valence-corrected chi connectivity index (χ0v) is 10.8. The van der Waals surface area contributed by atoms with Gasteiger partial charge in [-0.15, -0.1) is 0 Å². The first kappa shape index (κ1) is 12.6. The number of hydrogen-bond donors (Lipinski definition) is 1. The molecule has 1 aromatic carbocycles. The lowest BCUT2D eigenvalue weighted by Crippen LogP contribution is -2.13. The molecule has 0 aliphatic heterocycles. The molecule has 0 aliphatic rings. The van der Waals surface area contributed by atoms with Gasteiger partial charge in [-0.1, -0.05) is 42.1 Å². The van der Waals surface area contributed by atoms with Crippen molar-refractivity contribution >= 4 is 17.7 Å². The van der Waals surface area contributed by atoms with E-state index in [1.165, 1.54) is 11.8 Å². The number of carbonyl (C=O) groups excluding carboxylic acids is 1. The molecule has 0 saturated heterocycles. The summed E-state index contributed by atoms with van der Waals surface area (Å²) in [6, 6.07) is 11.8. The van der Waals surface area contributed by atoms with Crippen LogP contribution in [0.5, 0.6) is 0 Å². The van der Waals surface area contributed by atoms with E-state index in [1.807, 2.05) is 43.3 Å². The highest BCUT2D eigenvalue weighted by Crippen LogP contribution is 2.21. The summed E-state index contributed by atoms with van der Waals surface area (Å²) in [5.74, 6) is -0.177. The maximum Gasteiger partial charge on any atom is 0.227 e. The quantitative estimate of drug-likeness (QED) is 0.673. The molecule has 0 spiro atoms. The number of benzene rings is 1. The molecule has 1 aromatic heterocycles. The van der Waals surface area contributed by atoms with Crippen LogP contribution in [0.2, 0.25) is 0 Å². The van der Waals surface area contributed by atoms with Crippen LogP contribution in [-0.2, 0) is 4.79 Å². The van der Waals surface area contributed by atoms with Crippen LogP contribution in [0.3, 0.4) is 0 Å². The Morgan fingerprint density at radius 3 is 2.67 bits per heavy atom. The van der Waals surface area contributed by atoms with E-state index in [9.17, 15) is 4.79 Å². The van der Waals surface area contributed by atoms with Crippen LogP contribution in [0.4, 0.5) is 0 Å². The van der Waals surface area contributed by atoms with Gasteiger partial charge in [0, 0.05) is 11.3 Å². The van der Waals surface area contributed by atoms with Crippen LogP contribution in [0.15, 0.2) is 41.6 Å². The third-order valence-electron chi connectivity index (χ3n) is 2.25. The number of carbonyl (C=O) groups is 1. The molecule has 0 atom stereocenters. The normalized spacial score (nSPS) is 10.3. The van der Waals surface area contributed by atoms with E-state index >= 15 is 0 Å². The second-order valence-corrected chi connectivity index (χ2v) is 4.74. The zero-order valence-electron chi connectivity index (χ0n) is 9.96. The molecule has 1 amide bonds. The number of nitrogens with zero attached hydrogens (tertiary/aromatic N) is 2. The highest BCUT2D eigenvalue weighted by Gasteiger charge is 2.06. The molecule has 0 radical (unpaired) electrons. The topological polar surface area (TPSA) is 68.9 Å². The van der Waals surface area contributed by atoms with E-state index in [4.69, 9.17) is 5.73 Å². The van der Waals surface area contributed by atoms with Gasteiger partial charge in [0.05, 0.1) is 11.4 Å². The maximum absolute atomic E-state index is 10.8. The Morgan fingerprint density at radius 2 is 2.00 bits per heavy atom. The summed E-state index contributed by atoms with van der Waals surface area (Å²) in [5.41, 5.74) is 7.87. The van der Waals surface area contributed by atoms with Gasteiger partial charge in [0.2, 0.25) is 5.91 Å². The second kappa shape index (κ2) is 5.64. The fourth-order valence-electron chi connectivity index (χ4n) is 1.50. The molecular formula is C13H13N3OS. The first-order valence-electron chi connectivity index (χ1n) is 5.47. The largest absolute Gasteiger partial charge is 0.369 e. The molecule has 0 unspecified atom stereocenters. The summed E-state index contributed by atoms with van der Waals surface area (Å²) in [6.07, 6.45) is 0. The average Bonchev–Trinajstić information content (AvgIpc) is 2.37. The molecular weight excluding hydrogens is 246 g/mol. The molecule has 0 bridgehead atoms. The number of hydrogen-bond acceptors (Lipinski definition) is 4. The number of nitrogens with two attached hydrogens (primary N) is 1. The summed E-state index contributed by atoms with van der Waals surface area (Å²) in [6.45, 7) is 1.91. The predicted octanol–water partition coefficient (Wildman–Crippen LogP) is 2.03. The first-order valence-corrected chi connectivity index (χ1v) is 6.46. The van der Waals surface area contributed by atoms with Crippen LogP contribution in [0, 0.1) is 6.92 Å². The Labute approximate surface area is 110 Å². The van der Waals surface area contributed by atoms with Gasteiger partial charge in [0.1, 0.15) is 0 Å². The lowest BCUT2D eigenvalue weighted by atomic mass is 10.1. The Hall–Kier alpha value is -1.88. The predicted molar refractivity (Wildman–Crippen MR) is 72.1 cm³/mol. The van der Waals surface area contributed by atoms with Crippen LogP contribution in [0.25, 0.3) is 11.3 Å². The minimum Gasteiger partial charge on any atom is -0.369 e. The minimum absolute atomic E-state index is 0.192. The molecule has 0 aliphatic carbocycles. The number of rotatable bonds is 4. The maximum atomic E-state index is 10.8. The van der Waals surface area contributed by atoms with E-state index in [0.717, 1.165) is 17.0 Å². The van der Waals surface area contributed by atoms with Crippen molar-refractivity contribution in [1.29, 1.82) is 0 Å². The van der Waals surface area contributed by atoms with Crippen molar-refractivity contribution in [3.63, 3.8) is 0 Å². The number of primary amides is 1. The highest BCUT2D eigenvalue weighted by molar-refractivity contribution is 7.99. The fourth-order valence-corrected chi connectivity index (χ4v) is 2.14. The van der Waals surface area contributed by atoms with E-state index < -0.39 is 0 Å². The monoisotopic (exact) mass is 259 g/mol. The van der Waals surface area contributed by atoms with Crippen molar-refractivity contribution in [2.24, 2.45) is 5.73 Å². The molecule has 2 N–H and O–H groups in total. The average molecular weight is 259 g/mol. The van der Waals surface area contributed by atoms with Crippen molar-refractivity contribution in [2.75, 3.05) is 5.75 Å². The summed E-state index contributed by atoms with van der Waals surface area (Å²) in [5, 5.41) is 0.577. The van der Waals surface area contributed by atoms with Gasteiger partial charge in [-0.25, -0.2) is 9.97 Å². The lowest BCUT2D eigenvalue weighted by molar-refractivity contribution is -0.115. The molecule has 92 valence electrons. The van der Waals surface area contributed by atoms with Gasteiger partial charge in [0.15, 0.2) is 5.16 Å². The lowest BCUT2D eigenvalue weighted by Gasteiger charge is -2.05. The van der Waals surface area contributed by atoms with Gasteiger partial charge < -0.3 is 5.73 Å². The van der Waals surface area contributed by atoms with Crippen LogP contribution >= 0.6 is 11.8 Å². The molecule has 0 fully saturated rings. The Balaban J connectivity index is 2.29. The third kappa shape index (κ3) is 3.30. The SMILES string of the molecule is Cc1cc(-c2ccccc2)nc(SCC(N)=O)n1. The molecule has 4 nitrogen and oxygen atoms in total. The van der Waals surface area contributed by atoms with E-state index in [2.05, 4.69) is 9.97 Å². The molecule has 2 aromatic rings. The smallest absolute Gasteiger partial charge is 0.227 e. The third-order valence-corrected chi connectivity index (χ3v) is 3.12. The number of thioether (sulfide) groups is 1. The van der Waals surface area contributed by atoms with Crippen molar-refractivity contribution < 1.29 is 4.79 Å². The molecule has 18 heavy (non-hydrogen) atoms. The Bertz CT molecular complexity index is 557. The summed E-state index contributed by atoms with van der Waals surface area (Å²) in [7, 11) is 0. The molecule has 0 saturated carbocycles. The van der Waals surface area contributed by atoms with Gasteiger partial charge >= 0.3 is 0 Å². The number of aryl methyl sites for hydroxylation is 1. The van der Waals surface area contributed by atoms with E-state index in [0.29, 0.717) is 5.16 Å². The van der Waals surface area contributed by atoms with Crippen molar-refractivity contribution in [3.05, 3.63) is 42.1 Å². The fraction of sp³-hybridized carbons (Fsp3) is 0.154. The van der Waals surface area contributed by atoms with E-state index in [-0.39, 0.29) is 11.7 Å². The van der Waals surface area contributed by atoms with Gasteiger partial charge in [-0.3, -0.25) is 4.79 Å².